The maximum Gasteiger partial charge on any atom is 0.335 e. The first kappa shape index (κ1) is 24.3. The molecule has 3 aromatic rings. The normalized spacial score (nSPS) is 16.1. The van der Waals surface area contributed by atoms with Crippen molar-refractivity contribution in [2.24, 2.45) is 5.73 Å². The minimum absolute atomic E-state index is 0.0121. The van der Waals surface area contributed by atoms with Gasteiger partial charge in [0.25, 0.3) is 10.0 Å². The van der Waals surface area contributed by atoms with Gasteiger partial charge in [-0.05, 0) is 78.3 Å². The van der Waals surface area contributed by atoms with Crippen LogP contribution in [-0.2, 0) is 16.4 Å². The minimum atomic E-state index is -4.13. The minimum Gasteiger partial charge on any atom is -0.478 e. The number of fused-ring (bicyclic) bond motifs is 1. The van der Waals surface area contributed by atoms with Crippen molar-refractivity contribution in [2.45, 2.75) is 37.1 Å². The number of allylic oxidation sites excluding steroid dienone is 1. The number of carboxylic acids is 1. The second-order valence-electron chi connectivity index (χ2n) is 8.54. The quantitative estimate of drug-likeness (QED) is 0.461. The SMILES string of the molecule is C=Cc1ccccc1/C(C)=C(\N)N([C@H]1CCCc2ccccc21)S(=O)(=O)c1ccc(C(=O)O)cc1. The average molecular weight is 489 g/mol. The van der Waals surface area contributed by atoms with E-state index in [-0.39, 0.29) is 16.3 Å². The number of aromatic carboxylic acids is 1. The molecule has 1 atom stereocenters. The third kappa shape index (κ3) is 4.59. The van der Waals surface area contributed by atoms with E-state index in [1.165, 1.54) is 28.6 Å². The zero-order valence-corrected chi connectivity index (χ0v) is 20.3. The lowest BCUT2D eigenvalue weighted by molar-refractivity contribution is 0.0696. The van der Waals surface area contributed by atoms with E-state index in [0.717, 1.165) is 35.1 Å². The van der Waals surface area contributed by atoms with Crippen LogP contribution in [0.25, 0.3) is 11.6 Å². The van der Waals surface area contributed by atoms with Crippen molar-refractivity contribution in [1.82, 2.24) is 4.31 Å². The Morgan fingerprint density at radius 1 is 1.06 bits per heavy atom. The first-order valence-corrected chi connectivity index (χ1v) is 12.8. The highest BCUT2D eigenvalue weighted by Gasteiger charge is 2.36. The van der Waals surface area contributed by atoms with Crippen LogP contribution in [-0.4, -0.2) is 23.8 Å². The van der Waals surface area contributed by atoms with Crippen LogP contribution in [0.1, 0.15) is 58.4 Å². The second-order valence-corrected chi connectivity index (χ2v) is 10.4. The van der Waals surface area contributed by atoms with Gasteiger partial charge in [-0.3, -0.25) is 0 Å². The summed E-state index contributed by atoms with van der Waals surface area (Å²) in [6, 6.07) is 20.1. The molecule has 7 heteroatoms. The molecule has 1 aliphatic carbocycles. The Morgan fingerprint density at radius 3 is 2.40 bits per heavy atom. The smallest absolute Gasteiger partial charge is 0.335 e. The molecule has 3 aromatic carbocycles. The van der Waals surface area contributed by atoms with E-state index in [2.05, 4.69) is 6.58 Å². The number of nitrogens with two attached hydrogens (primary N) is 1. The molecule has 1 aliphatic rings. The van der Waals surface area contributed by atoms with Crippen molar-refractivity contribution >= 4 is 27.6 Å². The van der Waals surface area contributed by atoms with Crippen molar-refractivity contribution in [1.29, 1.82) is 0 Å². The summed E-state index contributed by atoms with van der Waals surface area (Å²) >= 11 is 0. The molecule has 35 heavy (non-hydrogen) atoms. The van der Waals surface area contributed by atoms with Gasteiger partial charge >= 0.3 is 5.97 Å². The van der Waals surface area contributed by atoms with Gasteiger partial charge in [0.15, 0.2) is 0 Å². The molecule has 6 nitrogen and oxygen atoms in total. The van der Waals surface area contributed by atoms with Crippen molar-refractivity contribution in [2.75, 3.05) is 0 Å². The van der Waals surface area contributed by atoms with E-state index in [4.69, 9.17) is 5.73 Å². The summed E-state index contributed by atoms with van der Waals surface area (Å²) in [6.07, 6.45) is 4.02. The fourth-order valence-electron chi connectivity index (χ4n) is 4.64. The monoisotopic (exact) mass is 488 g/mol. The van der Waals surface area contributed by atoms with E-state index in [9.17, 15) is 18.3 Å². The van der Waals surface area contributed by atoms with Gasteiger partial charge in [0, 0.05) is 0 Å². The molecule has 3 N–H and O–H groups in total. The first-order chi connectivity index (χ1) is 16.8. The van der Waals surface area contributed by atoms with Gasteiger partial charge in [-0.2, -0.15) is 0 Å². The van der Waals surface area contributed by atoms with E-state index >= 15 is 0 Å². The molecule has 0 spiro atoms. The molecule has 0 radical (unpaired) electrons. The van der Waals surface area contributed by atoms with Gasteiger partial charge in [0.1, 0.15) is 5.82 Å². The summed E-state index contributed by atoms with van der Waals surface area (Å²) in [5, 5.41) is 9.24. The third-order valence-corrected chi connectivity index (χ3v) is 8.32. The van der Waals surface area contributed by atoms with Gasteiger partial charge in [-0.1, -0.05) is 61.2 Å². The van der Waals surface area contributed by atoms with Crippen LogP contribution in [0, 0.1) is 0 Å². The number of rotatable bonds is 7. The maximum atomic E-state index is 14.1. The largest absolute Gasteiger partial charge is 0.478 e. The Balaban J connectivity index is 1.93. The lowest BCUT2D eigenvalue weighted by atomic mass is 9.87. The molecular formula is C28H28N2O4S. The molecule has 0 aromatic heterocycles. The highest BCUT2D eigenvalue weighted by atomic mass is 32.2. The van der Waals surface area contributed by atoms with Crippen LogP contribution in [0.5, 0.6) is 0 Å². The summed E-state index contributed by atoms with van der Waals surface area (Å²) < 4.78 is 29.5. The average Bonchev–Trinajstić information content (AvgIpc) is 2.88. The molecule has 180 valence electrons. The molecule has 0 saturated carbocycles. The van der Waals surface area contributed by atoms with Crippen LogP contribution in [0.4, 0.5) is 0 Å². The van der Waals surface area contributed by atoms with Crippen LogP contribution >= 0.6 is 0 Å². The Bertz CT molecular complexity index is 1410. The topological polar surface area (TPSA) is 101 Å². The highest BCUT2D eigenvalue weighted by molar-refractivity contribution is 7.89. The van der Waals surface area contributed by atoms with Crippen LogP contribution < -0.4 is 5.73 Å². The summed E-state index contributed by atoms with van der Waals surface area (Å²) in [5.74, 6) is -0.994. The third-order valence-electron chi connectivity index (χ3n) is 6.49. The van der Waals surface area contributed by atoms with Gasteiger partial charge in [0.2, 0.25) is 0 Å². The number of sulfonamides is 1. The molecule has 0 saturated heterocycles. The van der Waals surface area contributed by atoms with E-state index < -0.39 is 22.0 Å². The fraction of sp³-hybridized carbons (Fsp3) is 0.179. The van der Waals surface area contributed by atoms with E-state index in [0.29, 0.717) is 12.0 Å². The second kappa shape index (κ2) is 9.80. The van der Waals surface area contributed by atoms with Gasteiger partial charge in [-0.25, -0.2) is 17.5 Å². The van der Waals surface area contributed by atoms with E-state index in [1.807, 2.05) is 55.5 Å². The summed E-state index contributed by atoms with van der Waals surface area (Å²) in [7, 11) is -4.13. The lowest BCUT2D eigenvalue weighted by Gasteiger charge is -2.37. The predicted octanol–water partition coefficient (Wildman–Crippen LogP) is 5.44. The molecule has 0 fully saturated rings. The molecule has 0 heterocycles. The number of carbonyl (C=O) groups is 1. The highest BCUT2D eigenvalue weighted by Crippen LogP contribution is 2.40. The fourth-order valence-corrected chi connectivity index (χ4v) is 6.30. The number of benzene rings is 3. The van der Waals surface area contributed by atoms with Crippen molar-refractivity contribution in [3.8, 4) is 0 Å². The molecule has 0 bridgehead atoms. The first-order valence-electron chi connectivity index (χ1n) is 11.4. The Morgan fingerprint density at radius 2 is 1.71 bits per heavy atom. The van der Waals surface area contributed by atoms with Crippen molar-refractivity contribution < 1.29 is 18.3 Å². The summed E-state index contributed by atoms with van der Waals surface area (Å²) in [6.45, 7) is 5.68. The summed E-state index contributed by atoms with van der Waals surface area (Å²) in [5.41, 5.74) is 11.0. The van der Waals surface area contributed by atoms with Gasteiger partial charge in [0.05, 0.1) is 16.5 Å². The van der Waals surface area contributed by atoms with Crippen LogP contribution in [0.2, 0.25) is 0 Å². The zero-order valence-electron chi connectivity index (χ0n) is 19.5. The standard InChI is InChI=1S/C28H28N2O4S/c1-3-20-9-4-6-12-24(20)19(2)27(29)30(26-14-8-11-21-10-5-7-13-25(21)26)35(33,34)23-17-15-22(16-18-23)28(31)32/h3-7,9-10,12-13,15-18,26H,1,8,11,14,29H2,2H3,(H,31,32)/b27-19+/t26-/m0/s1. The molecule has 0 aliphatic heterocycles. The molecule has 0 amide bonds. The van der Waals surface area contributed by atoms with Crippen LogP contribution in [0.3, 0.4) is 0 Å². The van der Waals surface area contributed by atoms with Gasteiger partial charge < -0.3 is 10.8 Å². The van der Waals surface area contributed by atoms with Crippen molar-refractivity contribution in [3.63, 3.8) is 0 Å². The zero-order chi connectivity index (χ0) is 25.2. The summed E-state index contributed by atoms with van der Waals surface area (Å²) in [4.78, 5) is 11.3. The lowest BCUT2D eigenvalue weighted by Crippen LogP contribution is -2.39. The number of hydrogen-bond donors (Lipinski definition) is 2. The van der Waals surface area contributed by atoms with Crippen molar-refractivity contribution in [3.05, 3.63) is 113 Å². The number of hydrogen-bond acceptors (Lipinski definition) is 4. The van der Waals surface area contributed by atoms with Gasteiger partial charge in [-0.15, -0.1) is 0 Å². The predicted molar refractivity (Wildman–Crippen MR) is 138 cm³/mol. The van der Waals surface area contributed by atoms with E-state index in [1.54, 1.807) is 6.08 Å². The Kier molecular flexibility index (Phi) is 6.80. The van der Waals surface area contributed by atoms with Crippen LogP contribution in [0.15, 0.2) is 90.1 Å². The molecule has 0 unspecified atom stereocenters. The Labute approximate surface area is 206 Å². The number of aryl methyl sites for hydroxylation is 1. The number of carboxylic acid groups (broad SMARTS) is 1. The Hall–Kier alpha value is -3.84. The molecular weight excluding hydrogens is 460 g/mol. The molecule has 4 rings (SSSR count). The number of nitrogens with zero attached hydrogens (tertiary/aromatic N) is 1. The maximum absolute atomic E-state index is 14.1.